The lowest BCUT2D eigenvalue weighted by atomic mass is 10.1. The molecule has 1 unspecified atom stereocenters. The van der Waals surface area contributed by atoms with Crippen molar-refractivity contribution in [3.8, 4) is 6.07 Å². The molecule has 0 aliphatic carbocycles. The van der Waals surface area contributed by atoms with Gasteiger partial charge < -0.3 is 15.2 Å². The van der Waals surface area contributed by atoms with Crippen molar-refractivity contribution in [3.63, 3.8) is 0 Å². The number of allylic oxidation sites excluding steroid dienone is 2. The zero-order valence-electron chi connectivity index (χ0n) is 17.0. The largest absolute Gasteiger partial charge is 0.355 e. The lowest BCUT2D eigenvalue weighted by Gasteiger charge is -2.33. The van der Waals surface area contributed by atoms with Crippen LogP contribution in [-0.4, -0.2) is 32.8 Å². The average molecular weight is 384 g/mol. The third-order valence-corrected chi connectivity index (χ3v) is 5.38. The quantitative estimate of drug-likeness (QED) is 0.800. The summed E-state index contributed by atoms with van der Waals surface area (Å²) in [5.74, 6) is 0.686. The minimum Gasteiger partial charge on any atom is -0.355 e. The molecule has 8 heteroatoms. The zero-order valence-corrected chi connectivity index (χ0v) is 17.0. The molecule has 1 atom stereocenters. The van der Waals surface area contributed by atoms with Crippen LogP contribution in [0.5, 0.6) is 0 Å². The second-order valence-electron chi connectivity index (χ2n) is 7.64. The van der Waals surface area contributed by atoms with Crippen LogP contribution in [0.25, 0.3) is 11.0 Å². The summed E-state index contributed by atoms with van der Waals surface area (Å²) in [5.41, 5.74) is 7.70. The molecule has 150 valence electrons. The van der Waals surface area contributed by atoms with Crippen LogP contribution >= 0.6 is 0 Å². The van der Waals surface area contributed by atoms with Crippen molar-refractivity contribution in [2.24, 2.45) is 12.8 Å². The van der Waals surface area contributed by atoms with E-state index in [1.807, 2.05) is 24.5 Å². The fourth-order valence-electron chi connectivity index (χ4n) is 3.99. The third kappa shape index (κ3) is 3.16. The van der Waals surface area contributed by atoms with E-state index in [1.54, 1.807) is 14.0 Å². The number of fused-ring (bicyclic) bond motifs is 1. The van der Waals surface area contributed by atoms with Crippen LogP contribution < -0.4 is 21.9 Å². The summed E-state index contributed by atoms with van der Waals surface area (Å²) in [6, 6.07) is 2.28. The smallest absolute Gasteiger partial charge is 0.331 e. The van der Waals surface area contributed by atoms with Crippen molar-refractivity contribution in [1.82, 2.24) is 13.7 Å². The van der Waals surface area contributed by atoms with Crippen LogP contribution in [0.1, 0.15) is 39.2 Å². The van der Waals surface area contributed by atoms with Crippen molar-refractivity contribution in [1.29, 1.82) is 5.26 Å². The fourth-order valence-corrected chi connectivity index (χ4v) is 3.99. The average Bonchev–Trinajstić information content (AvgIpc) is 2.99. The molecule has 1 fully saturated rings. The number of piperidine rings is 1. The zero-order chi connectivity index (χ0) is 20.6. The molecular weight excluding hydrogens is 356 g/mol. The third-order valence-electron chi connectivity index (χ3n) is 5.38. The molecule has 0 radical (unpaired) electrons. The van der Waals surface area contributed by atoms with Crippen LogP contribution in [-0.2, 0) is 20.1 Å². The van der Waals surface area contributed by atoms with Gasteiger partial charge in [0, 0.05) is 39.3 Å². The van der Waals surface area contributed by atoms with E-state index in [2.05, 4.69) is 11.0 Å². The van der Waals surface area contributed by atoms with E-state index in [1.165, 1.54) is 9.13 Å². The molecular formula is C20H28N6O2. The molecule has 2 aromatic heterocycles. The standard InChI is InChI=1S/C20H28N6O2/c1-5-25-19(27)17-16(23(4)20(25)28)15(11-21)18(26(17)10-8-13(2)3)24-9-6-7-14(22)12-24/h8,14H,5-7,9-10,12,22H2,1-4H3. The summed E-state index contributed by atoms with van der Waals surface area (Å²) in [4.78, 5) is 28.0. The summed E-state index contributed by atoms with van der Waals surface area (Å²) in [7, 11) is 1.62. The Kier molecular flexibility index (Phi) is 5.47. The first-order valence-electron chi connectivity index (χ1n) is 9.71. The molecule has 0 amide bonds. The lowest BCUT2D eigenvalue weighted by Crippen LogP contribution is -2.44. The Balaban J connectivity index is 2.45. The molecule has 0 aromatic carbocycles. The van der Waals surface area contributed by atoms with Gasteiger partial charge in [-0.3, -0.25) is 13.9 Å². The molecule has 0 spiro atoms. The highest BCUT2D eigenvalue weighted by Gasteiger charge is 2.29. The summed E-state index contributed by atoms with van der Waals surface area (Å²) < 4.78 is 4.52. The molecule has 8 nitrogen and oxygen atoms in total. The van der Waals surface area contributed by atoms with Crippen molar-refractivity contribution in [2.45, 2.75) is 52.7 Å². The lowest BCUT2D eigenvalue weighted by molar-refractivity contribution is 0.498. The first-order chi connectivity index (χ1) is 13.3. The van der Waals surface area contributed by atoms with Gasteiger partial charge in [0.25, 0.3) is 5.56 Å². The van der Waals surface area contributed by atoms with E-state index >= 15 is 0 Å². The van der Waals surface area contributed by atoms with Crippen molar-refractivity contribution < 1.29 is 0 Å². The van der Waals surface area contributed by atoms with Gasteiger partial charge in [-0.25, -0.2) is 4.79 Å². The number of hydrogen-bond acceptors (Lipinski definition) is 5. The van der Waals surface area contributed by atoms with E-state index in [4.69, 9.17) is 5.73 Å². The molecule has 1 aliphatic heterocycles. The highest BCUT2D eigenvalue weighted by molar-refractivity contribution is 5.90. The molecule has 2 N–H and O–H groups in total. The van der Waals surface area contributed by atoms with Crippen LogP contribution in [0, 0.1) is 11.3 Å². The molecule has 3 rings (SSSR count). The van der Waals surface area contributed by atoms with E-state index in [-0.39, 0.29) is 18.1 Å². The topological polar surface area (TPSA) is 102 Å². The van der Waals surface area contributed by atoms with Gasteiger partial charge in [0.05, 0.1) is 5.52 Å². The van der Waals surface area contributed by atoms with Crippen molar-refractivity contribution in [3.05, 3.63) is 38.1 Å². The Hall–Kier alpha value is -2.79. The van der Waals surface area contributed by atoms with E-state index in [0.29, 0.717) is 35.5 Å². The van der Waals surface area contributed by atoms with Gasteiger partial charge in [-0.2, -0.15) is 5.26 Å². The number of rotatable bonds is 4. The normalized spacial score (nSPS) is 17.0. The van der Waals surface area contributed by atoms with Gasteiger partial charge in [0.15, 0.2) is 0 Å². The molecule has 2 aromatic rings. The number of aromatic nitrogens is 3. The second-order valence-corrected chi connectivity index (χ2v) is 7.64. The molecule has 0 saturated carbocycles. The Morgan fingerprint density at radius 1 is 1.29 bits per heavy atom. The number of nitrogens with zero attached hydrogens (tertiary/aromatic N) is 5. The Bertz CT molecular complexity index is 1090. The van der Waals surface area contributed by atoms with Crippen LogP contribution in [0.2, 0.25) is 0 Å². The number of anilines is 1. The van der Waals surface area contributed by atoms with Gasteiger partial charge in [0.1, 0.15) is 23.0 Å². The summed E-state index contributed by atoms with van der Waals surface area (Å²) >= 11 is 0. The molecule has 28 heavy (non-hydrogen) atoms. The maximum Gasteiger partial charge on any atom is 0.331 e. The van der Waals surface area contributed by atoms with Crippen molar-refractivity contribution in [2.75, 3.05) is 18.0 Å². The van der Waals surface area contributed by atoms with Crippen LogP contribution in [0.4, 0.5) is 5.82 Å². The second kappa shape index (κ2) is 7.68. The Morgan fingerprint density at radius 3 is 2.57 bits per heavy atom. The number of aryl methyl sites for hydroxylation is 1. The highest BCUT2D eigenvalue weighted by atomic mass is 16.2. The highest BCUT2D eigenvalue weighted by Crippen LogP contribution is 2.32. The predicted octanol–water partition coefficient (Wildman–Crippen LogP) is 1.29. The molecule has 3 heterocycles. The molecule has 1 aliphatic rings. The van der Waals surface area contributed by atoms with Crippen LogP contribution in [0.3, 0.4) is 0 Å². The van der Waals surface area contributed by atoms with E-state index < -0.39 is 5.69 Å². The van der Waals surface area contributed by atoms with Crippen molar-refractivity contribution >= 4 is 16.9 Å². The Labute approximate surface area is 164 Å². The minimum atomic E-state index is -0.405. The SMILES string of the molecule is CCn1c(=O)c2c(c(C#N)c(N3CCCC(N)C3)n2CC=C(C)C)n(C)c1=O. The Morgan fingerprint density at radius 2 is 2.00 bits per heavy atom. The predicted molar refractivity (Wildman–Crippen MR) is 111 cm³/mol. The van der Waals surface area contributed by atoms with Gasteiger partial charge in [-0.05, 0) is 33.6 Å². The first kappa shape index (κ1) is 20.0. The van der Waals surface area contributed by atoms with Gasteiger partial charge in [-0.15, -0.1) is 0 Å². The maximum atomic E-state index is 13.2. The number of hydrogen-bond donors (Lipinski definition) is 1. The van der Waals surface area contributed by atoms with Gasteiger partial charge >= 0.3 is 5.69 Å². The summed E-state index contributed by atoms with van der Waals surface area (Å²) in [6.07, 6.45) is 3.89. The van der Waals surface area contributed by atoms with Gasteiger partial charge in [0.2, 0.25) is 0 Å². The fraction of sp³-hybridized carbons (Fsp3) is 0.550. The van der Waals surface area contributed by atoms with E-state index in [9.17, 15) is 14.9 Å². The van der Waals surface area contributed by atoms with Gasteiger partial charge in [-0.1, -0.05) is 11.6 Å². The molecule has 0 bridgehead atoms. The van der Waals surface area contributed by atoms with Crippen LogP contribution in [0.15, 0.2) is 21.2 Å². The maximum absolute atomic E-state index is 13.2. The summed E-state index contributed by atoms with van der Waals surface area (Å²) in [5, 5.41) is 9.98. The first-order valence-corrected chi connectivity index (χ1v) is 9.71. The number of nitrogens with two attached hydrogens (primary N) is 1. The summed E-state index contributed by atoms with van der Waals surface area (Å²) in [6.45, 7) is 7.88. The minimum absolute atomic E-state index is 0.0197. The molecule has 1 saturated heterocycles. The monoisotopic (exact) mass is 384 g/mol. The van der Waals surface area contributed by atoms with E-state index in [0.717, 1.165) is 25.0 Å². The number of nitriles is 1.